The number of para-hydroxylation sites is 1. The minimum atomic E-state index is -0.00764. The molecule has 21 heavy (non-hydrogen) atoms. The quantitative estimate of drug-likeness (QED) is 0.795. The number of aliphatic hydroxyl groups is 1. The van der Waals surface area contributed by atoms with Gasteiger partial charge in [-0.2, -0.15) is 0 Å². The van der Waals surface area contributed by atoms with Gasteiger partial charge in [0, 0.05) is 24.5 Å². The molecular formula is C18H18N2O. The number of rotatable bonds is 4. The van der Waals surface area contributed by atoms with Crippen LogP contribution in [0, 0.1) is 0 Å². The highest BCUT2D eigenvalue weighted by molar-refractivity contribution is 5.81. The van der Waals surface area contributed by atoms with Gasteiger partial charge in [-0.25, -0.2) is 4.98 Å². The van der Waals surface area contributed by atoms with Gasteiger partial charge in [0.2, 0.25) is 0 Å². The first-order chi connectivity index (χ1) is 10.3. The van der Waals surface area contributed by atoms with Gasteiger partial charge in [0.1, 0.15) is 5.82 Å². The van der Waals surface area contributed by atoms with Crippen molar-refractivity contribution < 1.29 is 5.11 Å². The Morgan fingerprint density at radius 1 is 1.00 bits per heavy atom. The minimum Gasteiger partial charge on any atom is -0.392 e. The number of aliphatic hydroxyl groups excluding tert-OH is 1. The van der Waals surface area contributed by atoms with Crippen LogP contribution in [0.15, 0.2) is 60.7 Å². The summed E-state index contributed by atoms with van der Waals surface area (Å²) in [5, 5.41) is 10.7. The number of pyridine rings is 1. The maximum Gasteiger partial charge on any atom is 0.134 e. The van der Waals surface area contributed by atoms with E-state index in [9.17, 15) is 5.11 Å². The zero-order chi connectivity index (χ0) is 14.7. The Kier molecular flexibility index (Phi) is 3.84. The normalized spacial score (nSPS) is 10.8. The molecule has 0 spiro atoms. The van der Waals surface area contributed by atoms with E-state index >= 15 is 0 Å². The summed E-state index contributed by atoms with van der Waals surface area (Å²) in [5.41, 5.74) is 3.02. The Bertz CT molecular complexity index is 741. The lowest BCUT2D eigenvalue weighted by Gasteiger charge is -2.21. The van der Waals surface area contributed by atoms with Gasteiger partial charge in [-0.05, 0) is 17.7 Å². The van der Waals surface area contributed by atoms with Crippen LogP contribution in [0.5, 0.6) is 0 Å². The van der Waals surface area contributed by atoms with Gasteiger partial charge < -0.3 is 10.0 Å². The number of hydrogen-bond acceptors (Lipinski definition) is 3. The molecule has 0 unspecified atom stereocenters. The smallest absolute Gasteiger partial charge is 0.134 e. The second kappa shape index (κ2) is 5.94. The Balaban J connectivity index is 1.98. The molecule has 0 fully saturated rings. The minimum absolute atomic E-state index is 0.00764. The summed E-state index contributed by atoms with van der Waals surface area (Å²) in [7, 11) is 2.00. The maximum absolute atomic E-state index is 9.63. The van der Waals surface area contributed by atoms with E-state index in [1.807, 2.05) is 55.6 Å². The third-order valence-corrected chi connectivity index (χ3v) is 3.57. The number of nitrogens with zero attached hydrogens (tertiary/aromatic N) is 2. The number of fused-ring (bicyclic) bond motifs is 1. The zero-order valence-corrected chi connectivity index (χ0v) is 12.0. The molecule has 3 nitrogen and oxygen atoms in total. The number of benzene rings is 2. The third-order valence-electron chi connectivity index (χ3n) is 3.57. The van der Waals surface area contributed by atoms with Crippen molar-refractivity contribution in [3.8, 4) is 0 Å². The monoisotopic (exact) mass is 278 g/mol. The number of aromatic nitrogens is 1. The van der Waals surface area contributed by atoms with Crippen LogP contribution < -0.4 is 4.90 Å². The van der Waals surface area contributed by atoms with Crippen LogP contribution in [0.4, 0.5) is 5.82 Å². The summed E-state index contributed by atoms with van der Waals surface area (Å²) in [6.45, 7) is 0.755. The van der Waals surface area contributed by atoms with Crippen molar-refractivity contribution in [1.29, 1.82) is 0 Å². The molecule has 1 aromatic heterocycles. The van der Waals surface area contributed by atoms with Gasteiger partial charge in [0.25, 0.3) is 0 Å². The second-order valence-electron chi connectivity index (χ2n) is 5.16. The highest BCUT2D eigenvalue weighted by atomic mass is 16.3. The van der Waals surface area contributed by atoms with Crippen molar-refractivity contribution in [3.63, 3.8) is 0 Å². The number of hydrogen-bond donors (Lipinski definition) is 1. The van der Waals surface area contributed by atoms with Crippen molar-refractivity contribution in [2.45, 2.75) is 13.2 Å². The van der Waals surface area contributed by atoms with E-state index < -0.39 is 0 Å². The van der Waals surface area contributed by atoms with Gasteiger partial charge >= 0.3 is 0 Å². The van der Waals surface area contributed by atoms with E-state index in [0.717, 1.165) is 28.8 Å². The molecule has 2 aromatic carbocycles. The fourth-order valence-electron chi connectivity index (χ4n) is 2.53. The van der Waals surface area contributed by atoms with E-state index in [0.29, 0.717) is 0 Å². The third kappa shape index (κ3) is 2.88. The molecule has 3 aromatic rings. The maximum atomic E-state index is 9.63. The molecule has 0 radical (unpaired) electrons. The van der Waals surface area contributed by atoms with Gasteiger partial charge in [-0.3, -0.25) is 0 Å². The van der Waals surface area contributed by atoms with Crippen molar-refractivity contribution in [2.24, 2.45) is 0 Å². The van der Waals surface area contributed by atoms with Gasteiger partial charge in [-0.1, -0.05) is 48.5 Å². The average Bonchev–Trinajstić information content (AvgIpc) is 2.54. The van der Waals surface area contributed by atoms with E-state index in [4.69, 9.17) is 4.98 Å². The fraction of sp³-hybridized carbons (Fsp3) is 0.167. The summed E-state index contributed by atoms with van der Waals surface area (Å²) in [5.74, 6) is 0.833. The SMILES string of the molecule is CN(Cc1ccccc1)c1nc2ccccc2cc1CO. The van der Waals surface area contributed by atoms with Crippen LogP contribution >= 0.6 is 0 Å². The Labute approximate surface area is 124 Å². The number of anilines is 1. The Morgan fingerprint density at radius 2 is 1.71 bits per heavy atom. The lowest BCUT2D eigenvalue weighted by Crippen LogP contribution is -2.19. The molecule has 0 saturated carbocycles. The predicted octanol–water partition coefficient (Wildman–Crippen LogP) is 3.36. The molecule has 1 N–H and O–H groups in total. The summed E-state index contributed by atoms with van der Waals surface area (Å²) < 4.78 is 0. The molecule has 3 heteroatoms. The highest BCUT2D eigenvalue weighted by Gasteiger charge is 2.11. The molecule has 1 heterocycles. The molecule has 0 aliphatic heterocycles. The van der Waals surface area contributed by atoms with E-state index in [2.05, 4.69) is 17.0 Å². The van der Waals surface area contributed by atoms with Crippen molar-refractivity contribution in [3.05, 3.63) is 71.8 Å². The van der Waals surface area contributed by atoms with Crippen molar-refractivity contribution in [2.75, 3.05) is 11.9 Å². The van der Waals surface area contributed by atoms with E-state index in [1.54, 1.807) is 0 Å². The molecule has 0 bridgehead atoms. The van der Waals surface area contributed by atoms with Crippen LogP contribution in [-0.4, -0.2) is 17.1 Å². The molecule has 0 atom stereocenters. The summed E-state index contributed by atoms with van der Waals surface area (Å²) in [6, 6.07) is 20.3. The molecule has 3 rings (SSSR count). The zero-order valence-electron chi connectivity index (χ0n) is 12.0. The standard InChI is InChI=1S/C18H18N2O/c1-20(12-14-7-3-2-4-8-14)18-16(13-21)11-15-9-5-6-10-17(15)19-18/h2-11,21H,12-13H2,1H3. The Hall–Kier alpha value is -2.39. The van der Waals surface area contributed by atoms with Crippen molar-refractivity contribution in [1.82, 2.24) is 4.98 Å². The Morgan fingerprint density at radius 3 is 2.48 bits per heavy atom. The van der Waals surface area contributed by atoms with Gasteiger partial charge in [0.05, 0.1) is 12.1 Å². The fourth-order valence-corrected chi connectivity index (χ4v) is 2.53. The predicted molar refractivity (Wildman–Crippen MR) is 86.2 cm³/mol. The van der Waals surface area contributed by atoms with E-state index in [-0.39, 0.29) is 6.61 Å². The molecule has 0 aliphatic rings. The van der Waals surface area contributed by atoms with Crippen LogP contribution in [-0.2, 0) is 13.2 Å². The van der Waals surface area contributed by atoms with E-state index in [1.165, 1.54) is 5.56 Å². The van der Waals surface area contributed by atoms with Gasteiger partial charge in [-0.15, -0.1) is 0 Å². The highest BCUT2D eigenvalue weighted by Crippen LogP contribution is 2.24. The average molecular weight is 278 g/mol. The molecule has 0 saturated heterocycles. The summed E-state index contributed by atoms with van der Waals surface area (Å²) >= 11 is 0. The topological polar surface area (TPSA) is 36.4 Å². The van der Waals surface area contributed by atoms with Crippen molar-refractivity contribution >= 4 is 16.7 Å². The molecule has 106 valence electrons. The molecular weight excluding hydrogens is 260 g/mol. The first-order valence-corrected chi connectivity index (χ1v) is 7.02. The summed E-state index contributed by atoms with van der Waals surface area (Å²) in [6.07, 6.45) is 0. The first-order valence-electron chi connectivity index (χ1n) is 7.02. The lowest BCUT2D eigenvalue weighted by atomic mass is 10.1. The van der Waals surface area contributed by atoms with Crippen LogP contribution in [0.1, 0.15) is 11.1 Å². The lowest BCUT2D eigenvalue weighted by molar-refractivity contribution is 0.282. The van der Waals surface area contributed by atoms with Crippen LogP contribution in [0.25, 0.3) is 10.9 Å². The van der Waals surface area contributed by atoms with Crippen LogP contribution in [0.3, 0.4) is 0 Å². The molecule has 0 aliphatic carbocycles. The van der Waals surface area contributed by atoms with Gasteiger partial charge in [0.15, 0.2) is 0 Å². The largest absolute Gasteiger partial charge is 0.392 e. The first kappa shape index (κ1) is 13.6. The molecule has 0 amide bonds. The van der Waals surface area contributed by atoms with Crippen LogP contribution in [0.2, 0.25) is 0 Å². The summed E-state index contributed by atoms with van der Waals surface area (Å²) in [4.78, 5) is 6.78. The second-order valence-corrected chi connectivity index (χ2v) is 5.16.